The number of nitrogens with one attached hydrogen (secondary N) is 2. The molecule has 2 aromatic carbocycles. The Morgan fingerprint density at radius 3 is 2.62 bits per heavy atom. The van der Waals surface area contributed by atoms with Crippen molar-refractivity contribution in [2.45, 2.75) is 13.8 Å². The minimum Gasteiger partial charge on any atom is -0.452 e. The van der Waals surface area contributed by atoms with Crippen LogP contribution in [0.3, 0.4) is 0 Å². The van der Waals surface area contributed by atoms with E-state index >= 15 is 0 Å². The molecule has 1 heterocycles. The van der Waals surface area contributed by atoms with Crippen molar-refractivity contribution >= 4 is 40.4 Å². The van der Waals surface area contributed by atoms with Crippen LogP contribution < -0.4 is 10.6 Å². The Morgan fingerprint density at radius 2 is 1.81 bits per heavy atom. The summed E-state index contributed by atoms with van der Waals surface area (Å²) in [7, 11) is 0. The third-order valence-electron chi connectivity index (χ3n) is 4.53. The highest BCUT2D eigenvalue weighted by Crippen LogP contribution is 2.17. The number of para-hydroxylation sites is 2. The molecule has 0 aliphatic heterocycles. The van der Waals surface area contributed by atoms with Gasteiger partial charge in [-0.25, -0.2) is 4.79 Å². The van der Waals surface area contributed by atoms with Gasteiger partial charge in [-0.1, -0.05) is 50.2 Å². The number of anilines is 1. The van der Waals surface area contributed by atoms with Crippen LogP contribution in [-0.2, 0) is 14.3 Å². The van der Waals surface area contributed by atoms with Crippen molar-refractivity contribution in [2.75, 3.05) is 18.5 Å². The Kier molecular flexibility index (Phi) is 7.70. The number of carbonyl (C=O) groups excluding carboxylic acids is 3. The van der Waals surface area contributed by atoms with E-state index in [0.29, 0.717) is 23.7 Å². The zero-order chi connectivity index (χ0) is 22.9. The summed E-state index contributed by atoms with van der Waals surface area (Å²) in [6, 6.07) is 16.1. The first-order valence-corrected chi connectivity index (χ1v) is 10.3. The summed E-state index contributed by atoms with van der Waals surface area (Å²) < 4.78 is 5.03. The monoisotopic (exact) mass is 431 g/mol. The van der Waals surface area contributed by atoms with E-state index in [9.17, 15) is 14.4 Å². The van der Waals surface area contributed by atoms with Gasteiger partial charge in [-0.3, -0.25) is 14.6 Å². The highest BCUT2D eigenvalue weighted by Gasteiger charge is 2.14. The molecule has 0 spiro atoms. The number of benzene rings is 2. The lowest BCUT2D eigenvalue weighted by Crippen LogP contribution is -2.29. The molecule has 32 heavy (non-hydrogen) atoms. The van der Waals surface area contributed by atoms with E-state index in [1.165, 1.54) is 6.08 Å². The van der Waals surface area contributed by atoms with Crippen molar-refractivity contribution in [3.8, 4) is 0 Å². The third-order valence-corrected chi connectivity index (χ3v) is 4.53. The molecule has 3 aromatic rings. The lowest BCUT2D eigenvalue weighted by atomic mass is 10.1. The zero-order valence-corrected chi connectivity index (χ0v) is 18.0. The molecule has 0 atom stereocenters. The molecule has 7 heteroatoms. The van der Waals surface area contributed by atoms with Gasteiger partial charge in [0, 0.05) is 29.8 Å². The van der Waals surface area contributed by atoms with Crippen LogP contribution in [-0.4, -0.2) is 35.9 Å². The highest BCUT2D eigenvalue weighted by atomic mass is 16.5. The molecular weight excluding hydrogens is 406 g/mol. The Labute approximate surface area is 186 Å². The molecule has 2 N–H and O–H groups in total. The average Bonchev–Trinajstić information content (AvgIpc) is 2.80. The predicted octanol–water partition coefficient (Wildman–Crippen LogP) is 3.82. The number of ether oxygens (including phenoxy) is 1. The lowest BCUT2D eigenvalue weighted by Gasteiger charge is -2.12. The van der Waals surface area contributed by atoms with E-state index in [2.05, 4.69) is 15.6 Å². The van der Waals surface area contributed by atoms with Crippen LogP contribution >= 0.6 is 0 Å². The summed E-state index contributed by atoms with van der Waals surface area (Å²) in [6.45, 7) is 4.04. The van der Waals surface area contributed by atoms with Gasteiger partial charge in [0.2, 0.25) is 0 Å². The maximum absolute atomic E-state index is 12.4. The fourth-order valence-corrected chi connectivity index (χ4v) is 2.97. The predicted molar refractivity (Wildman–Crippen MR) is 124 cm³/mol. The van der Waals surface area contributed by atoms with Gasteiger partial charge in [0.05, 0.1) is 16.8 Å². The normalized spacial score (nSPS) is 11.0. The van der Waals surface area contributed by atoms with Gasteiger partial charge in [-0.2, -0.15) is 0 Å². The number of hydrogen-bond donors (Lipinski definition) is 2. The molecule has 0 bridgehead atoms. The smallest absolute Gasteiger partial charge is 0.331 e. The van der Waals surface area contributed by atoms with Crippen LogP contribution in [0.4, 0.5) is 5.69 Å². The summed E-state index contributed by atoms with van der Waals surface area (Å²) in [6.07, 6.45) is 4.54. The van der Waals surface area contributed by atoms with E-state index in [1.807, 2.05) is 44.2 Å². The van der Waals surface area contributed by atoms with Crippen molar-refractivity contribution in [1.29, 1.82) is 0 Å². The van der Waals surface area contributed by atoms with Gasteiger partial charge in [0.15, 0.2) is 6.61 Å². The number of amides is 2. The standard InChI is InChI=1S/C25H25N3O4/c1-17(2)15-27-25(31)20-10-3-4-11-21(20)28-22(29)16-32-23(30)13-12-19-8-5-7-18-9-6-14-26-24(18)19/h3-14,17H,15-16H2,1-2H3,(H,27,31)(H,28,29). The first-order valence-electron chi connectivity index (χ1n) is 10.3. The highest BCUT2D eigenvalue weighted by molar-refractivity contribution is 6.04. The maximum atomic E-state index is 12.4. The summed E-state index contributed by atoms with van der Waals surface area (Å²) in [5.74, 6) is -1.17. The lowest BCUT2D eigenvalue weighted by molar-refractivity contribution is -0.142. The summed E-state index contributed by atoms with van der Waals surface area (Å²) >= 11 is 0. The second-order valence-corrected chi connectivity index (χ2v) is 7.56. The first kappa shape index (κ1) is 22.7. The number of aromatic nitrogens is 1. The number of rotatable bonds is 8. The molecule has 0 aliphatic carbocycles. The van der Waals surface area contributed by atoms with Crippen LogP contribution in [0.25, 0.3) is 17.0 Å². The topological polar surface area (TPSA) is 97.4 Å². The molecule has 2 amide bonds. The Hall–Kier alpha value is -4.00. The molecular formula is C25H25N3O4. The SMILES string of the molecule is CC(C)CNC(=O)c1ccccc1NC(=O)COC(=O)C=Cc1cccc2cccnc12. The summed E-state index contributed by atoms with van der Waals surface area (Å²) in [5.41, 5.74) is 2.23. The van der Waals surface area contributed by atoms with Crippen molar-refractivity contribution in [1.82, 2.24) is 10.3 Å². The van der Waals surface area contributed by atoms with Gasteiger partial charge in [0.1, 0.15) is 0 Å². The molecule has 0 unspecified atom stereocenters. The van der Waals surface area contributed by atoms with Crippen LogP contribution in [0.15, 0.2) is 66.9 Å². The molecule has 164 valence electrons. The molecule has 1 aromatic heterocycles. The van der Waals surface area contributed by atoms with Gasteiger partial charge in [0.25, 0.3) is 11.8 Å². The van der Waals surface area contributed by atoms with E-state index in [1.54, 1.807) is 36.5 Å². The van der Waals surface area contributed by atoms with Gasteiger partial charge in [-0.05, 0) is 30.2 Å². The molecule has 0 radical (unpaired) electrons. The van der Waals surface area contributed by atoms with Gasteiger partial charge in [-0.15, -0.1) is 0 Å². The molecule has 0 fully saturated rings. The third kappa shape index (κ3) is 6.25. The van der Waals surface area contributed by atoms with E-state index in [4.69, 9.17) is 4.74 Å². The fourth-order valence-electron chi connectivity index (χ4n) is 2.97. The first-order chi connectivity index (χ1) is 15.4. The number of hydrogen-bond acceptors (Lipinski definition) is 5. The quantitative estimate of drug-likeness (QED) is 0.417. The van der Waals surface area contributed by atoms with E-state index < -0.39 is 18.5 Å². The molecule has 0 saturated heterocycles. The second-order valence-electron chi connectivity index (χ2n) is 7.56. The molecule has 7 nitrogen and oxygen atoms in total. The molecule has 0 saturated carbocycles. The van der Waals surface area contributed by atoms with Crippen molar-refractivity contribution < 1.29 is 19.1 Å². The van der Waals surface area contributed by atoms with Crippen LogP contribution in [0, 0.1) is 5.92 Å². The van der Waals surface area contributed by atoms with E-state index in [-0.39, 0.29) is 5.91 Å². The summed E-state index contributed by atoms with van der Waals surface area (Å²) in [4.78, 5) is 41.0. The fraction of sp³-hybridized carbons (Fsp3) is 0.200. The second kappa shape index (κ2) is 10.9. The Bertz CT molecular complexity index is 1150. The summed E-state index contributed by atoms with van der Waals surface area (Å²) in [5, 5.41) is 6.40. The van der Waals surface area contributed by atoms with E-state index in [0.717, 1.165) is 16.5 Å². The van der Waals surface area contributed by atoms with Gasteiger partial charge < -0.3 is 15.4 Å². The number of pyridine rings is 1. The van der Waals surface area contributed by atoms with Crippen molar-refractivity contribution in [3.63, 3.8) is 0 Å². The maximum Gasteiger partial charge on any atom is 0.331 e. The number of nitrogens with zero attached hydrogens (tertiary/aromatic N) is 1. The van der Waals surface area contributed by atoms with Crippen LogP contribution in [0.2, 0.25) is 0 Å². The zero-order valence-electron chi connectivity index (χ0n) is 18.0. The number of esters is 1. The number of fused-ring (bicyclic) bond motifs is 1. The Balaban J connectivity index is 1.56. The average molecular weight is 431 g/mol. The number of carbonyl (C=O) groups is 3. The molecule has 3 rings (SSSR count). The van der Waals surface area contributed by atoms with Crippen LogP contribution in [0.1, 0.15) is 29.8 Å². The minimum absolute atomic E-state index is 0.279. The minimum atomic E-state index is -0.656. The largest absolute Gasteiger partial charge is 0.452 e. The van der Waals surface area contributed by atoms with Crippen molar-refractivity contribution in [2.24, 2.45) is 5.92 Å². The molecule has 0 aliphatic rings. The Morgan fingerprint density at radius 1 is 1.03 bits per heavy atom. The van der Waals surface area contributed by atoms with Gasteiger partial charge >= 0.3 is 5.97 Å². The van der Waals surface area contributed by atoms with Crippen LogP contribution in [0.5, 0.6) is 0 Å². The van der Waals surface area contributed by atoms with Crippen molar-refractivity contribution in [3.05, 3.63) is 78.0 Å².